The Hall–Kier alpha value is -4.40. The van der Waals surface area contributed by atoms with E-state index < -0.39 is 13.5 Å². The molecule has 246 valence electrons. The first-order valence-electron chi connectivity index (χ1n) is 15.3. The number of unbranched alkanes of at least 4 members (excludes halogenated alkanes) is 2. The minimum absolute atomic E-state index is 0.121. The lowest BCUT2D eigenvalue weighted by atomic mass is 9.70. The molecule has 46 heavy (non-hydrogen) atoms. The van der Waals surface area contributed by atoms with Crippen molar-refractivity contribution >= 4 is 70.0 Å². The quantitative estimate of drug-likeness (QED) is 0.322. The summed E-state index contributed by atoms with van der Waals surface area (Å²) >= 11 is 6.52. The SMILES string of the molecule is CCCCN=C1NO[B-]2(c3ccccc3)O/N=C(/C)C(Cl)=NO[B-](c3ccccc3)(O/N=C\1C)O/N=C(/C)C(=NCCCC)NO2. The maximum Gasteiger partial charge on any atom is 0.640 e. The molecule has 2 aromatic carbocycles. The van der Waals surface area contributed by atoms with Gasteiger partial charge in [0, 0.05) is 13.1 Å². The van der Waals surface area contributed by atoms with Crippen LogP contribution < -0.4 is 21.9 Å². The van der Waals surface area contributed by atoms with Gasteiger partial charge in [-0.15, -0.1) is 26.1 Å². The smallest absolute Gasteiger partial charge is 0.557 e. The summed E-state index contributed by atoms with van der Waals surface area (Å²) < 4.78 is 36.7. The number of oxime groups is 4. The molecular formula is C29H39B2ClN8O6-2. The molecular weight excluding hydrogens is 613 g/mol. The molecule has 0 aromatic heterocycles. The maximum absolute atomic E-state index is 6.52. The highest BCUT2D eigenvalue weighted by atomic mass is 35.5. The van der Waals surface area contributed by atoms with Gasteiger partial charge in [0.05, 0.1) is 0 Å². The molecule has 2 N–H and O–H groups in total. The number of hydrogen-bond donors (Lipinski definition) is 2. The molecule has 0 saturated heterocycles. The van der Waals surface area contributed by atoms with E-state index in [-0.39, 0.29) is 34.0 Å². The summed E-state index contributed by atoms with van der Waals surface area (Å²) in [5.41, 5.74) is 7.34. The van der Waals surface area contributed by atoms with Gasteiger partial charge in [0.25, 0.3) is 0 Å². The highest BCUT2D eigenvalue weighted by Gasteiger charge is 2.42. The standard InChI is InChI=1S/C29H39B2ClN8O6/c1-6-8-20-33-28-23(4)36-42-30(25-16-12-10-13-17-25)43-37-24(5)29(34-21-9-7-2)40-46-31(45-39-28,26-18-14-11-15-19-26)41-35-22(3)27(32)38-44-30/h10-19H,6-9,20-21H2,1-5H3,(H,33,39)(H,34,40)/q-2/b35-22-,36-23-,37-24-,38-27?. The van der Waals surface area contributed by atoms with Crippen LogP contribution in [0.5, 0.6) is 0 Å². The van der Waals surface area contributed by atoms with Gasteiger partial charge >= 0.3 is 13.5 Å². The molecule has 3 aliphatic rings. The van der Waals surface area contributed by atoms with E-state index in [0.29, 0.717) is 24.0 Å². The molecule has 0 unspecified atom stereocenters. The van der Waals surface area contributed by atoms with Crippen LogP contribution >= 0.6 is 11.6 Å². The van der Waals surface area contributed by atoms with E-state index in [2.05, 4.69) is 55.4 Å². The lowest BCUT2D eigenvalue weighted by Gasteiger charge is -2.40. The van der Waals surface area contributed by atoms with Crippen LogP contribution in [0.1, 0.15) is 60.3 Å². The van der Waals surface area contributed by atoms with E-state index in [9.17, 15) is 0 Å². The normalized spacial score (nSPS) is 27.7. The molecule has 2 aromatic rings. The highest BCUT2D eigenvalue weighted by molar-refractivity contribution is 6.84. The Balaban J connectivity index is 2.00. The Bertz CT molecular complexity index is 1440. The van der Waals surface area contributed by atoms with E-state index in [4.69, 9.17) is 40.1 Å². The summed E-state index contributed by atoms with van der Waals surface area (Å²) in [6, 6.07) is 17.8. The molecule has 3 aliphatic heterocycles. The van der Waals surface area contributed by atoms with Gasteiger partial charge in [-0.3, -0.25) is 20.9 Å². The number of rotatable bonds is 8. The fourth-order valence-corrected chi connectivity index (χ4v) is 4.11. The number of nitrogens with zero attached hydrogens (tertiary/aromatic N) is 6. The molecule has 2 bridgehead atoms. The van der Waals surface area contributed by atoms with Crippen LogP contribution in [0.15, 0.2) is 91.3 Å². The summed E-state index contributed by atoms with van der Waals surface area (Å²) in [5.74, 6) is 0.460. The first-order chi connectivity index (χ1) is 22.3. The summed E-state index contributed by atoms with van der Waals surface area (Å²) in [7, 11) is 0. The van der Waals surface area contributed by atoms with E-state index in [1.807, 2.05) is 12.1 Å². The molecule has 3 heterocycles. The minimum atomic E-state index is -3.06. The predicted molar refractivity (Wildman–Crippen MR) is 183 cm³/mol. The maximum atomic E-state index is 6.52. The molecule has 0 fully saturated rings. The Morgan fingerprint density at radius 2 is 1.02 bits per heavy atom. The number of hydrogen-bond acceptors (Lipinski definition) is 12. The summed E-state index contributed by atoms with van der Waals surface area (Å²) in [6.07, 6.45) is 3.47. The van der Waals surface area contributed by atoms with Crippen molar-refractivity contribution in [3.63, 3.8) is 0 Å². The average molecular weight is 653 g/mol. The van der Waals surface area contributed by atoms with E-state index in [1.165, 1.54) is 0 Å². The fraction of sp³-hybridized carbons (Fsp3) is 0.379. The van der Waals surface area contributed by atoms with Crippen molar-refractivity contribution < 1.29 is 28.5 Å². The largest absolute Gasteiger partial charge is 0.640 e. The monoisotopic (exact) mass is 652 g/mol. The molecule has 17 heteroatoms. The van der Waals surface area contributed by atoms with Gasteiger partial charge in [-0.05, 0) is 33.6 Å². The van der Waals surface area contributed by atoms with E-state index in [1.54, 1.807) is 69.3 Å². The van der Waals surface area contributed by atoms with Crippen molar-refractivity contribution in [2.75, 3.05) is 13.1 Å². The lowest BCUT2D eigenvalue weighted by molar-refractivity contribution is 0.0363. The Morgan fingerprint density at radius 1 is 0.609 bits per heavy atom. The van der Waals surface area contributed by atoms with Crippen molar-refractivity contribution in [3.8, 4) is 0 Å². The van der Waals surface area contributed by atoms with Gasteiger partial charge in [-0.1, -0.05) is 104 Å². The van der Waals surface area contributed by atoms with Crippen molar-refractivity contribution in [2.24, 2.45) is 30.6 Å². The van der Waals surface area contributed by atoms with Crippen molar-refractivity contribution in [3.05, 3.63) is 60.7 Å². The molecule has 0 amide bonds. The first-order valence-corrected chi connectivity index (χ1v) is 15.7. The zero-order valence-electron chi connectivity index (χ0n) is 26.7. The molecule has 0 spiro atoms. The Labute approximate surface area is 273 Å². The fourth-order valence-electron chi connectivity index (χ4n) is 4.04. The molecule has 5 rings (SSSR count). The molecule has 0 radical (unpaired) electrons. The molecule has 0 saturated carbocycles. The van der Waals surface area contributed by atoms with E-state index >= 15 is 0 Å². The summed E-state index contributed by atoms with van der Waals surface area (Å²) in [4.78, 5) is 9.33. The van der Waals surface area contributed by atoms with Crippen LogP contribution in [0.3, 0.4) is 0 Å². The summed E-state index contributed by atoms with van der Waals surface area (Å²) in [6.45, 7) is 3.94. The third-order valence-corrected chi connectivity index (χ3v) is 7.18. The Morgan fingerprint density at radius 3 is 1.50 bits per heavy atom. The van der Waals surface area contributed by atoms with Crippen LogP contribution in [0.4, 0.5) is 0 Å². The summed E-state index contributed by atoms with van der Waals surface area (Å²) in [5, 5.41) is 16.9. The second-order valence-corrected chi connectivity index (χ2v) is 10.9. The van der Waals surface area contributed by atoms with Gasteiger partial charge in [0.15, 0.2) is 16.8 Å². The Kier molecular flexibility index (Phi) is 12.6. The molecule has 0 aliphatic carbocycles. The van der Waals surface area contributed by atoms with Gasteiger partial charge < -0.3 is 28.5 Å². The number of nitrogens with one attached hydrogen (secondary N) is 2. The van der Waals surface area contributed by atoms with Crippen LogP contribution in [-0.4, -0.2) is 60.6 Å². The second kappa shape index (κ2) is 16.8. The molecule has 0 atom stereocenters. The minimum Gasteiger partial charge on any atom is -0.557 e. The van der Waals surface area contributed by atoms with Gasteiger partial charge in [-0.2, -0.15) is 0 Å². The second-order valence-electron chi connectivity index (χ2n) is 10.5. The van der Waals surface area contributed by atoms with Crippen molar-refractivity contribution in [1.29, 1.82) is 0 Å². The lowest BCUT2D eigenvalue weighted by Crippen LogP contribution is -2.62. The van der Waals surface area contributed by atoms with Crippen LogP contribution in [-0.2, 0) is 28.5 Å². The number of hydroxylamine groups is 2. The number of fused-ring (bicyclic) bond motifs is 11. The average Bonchev–Trinajstić information content (AvgIpc) is 3.09. The zero-order valence-corrected chi connectivity index (χ0v) is 27.4. The van der Waals surface area contributed by atoms with Crippen LogP contribution in [0.25, 0.3) is 0 Å². The number of aliphatic imine (C=N–C) groups is 2. The molecule has 14 nitrogen and oxygen atoms in total. The van der Waals surface area contributed by atoms with Crippen LogP contribution in [0, 0.1) is 0 Å². The number of halogens is 1. The zero-order chi connectivity index (χ0) is 32.8. The topological polar surface area (TPSA) is 154 Å². The number of amidine groups is 2. The highest BCUT2D eigenvalue weighted by Crippen LogP contribution is 2.17. The van der Waals surface area contributed by atoms with Gasteiger partial charge in [0.2, 0.25) is 0 Å². The first kappa shape index (κ1) is 34.5. The third-order valence-electron chi connectivity index (χ3n) is 6.84. The predicted octanol–water partition coefficient (Wildman–Crippen LogP) is 3.89. The van der Waals surface area contributed by atoms with Crippen molar-refractivity contribution in [1.82, 2.24) is 11.0 Å². The van der Waals surface area contributed by atoms with E-state index in [0.717, 1.165) is 25.7 Å². The van der Waals surface area contributed by atoms with Crippen molar-refractivity contribution in [2.45, 2.75) is 60.3 Å². The third kappa shape index (κ3) is 8.86. The van der Waals surface area contributed by atoms with Gasteiger partial charge in [-0.25, -0.2) is 0 Å². The van der Waals surface area contributed by atoms with Crippen LogP contribution in [0.2, 0.25) is 0 Å². The van der Waals surface area contributed by atoms with Gasteiger partial charge in [0.1, 0.15) is 17.1 Å². The number of benzene rings is 2.